The van der Waals surface area contributed by atoms with Gasteiger partial charge in [-0.2, -0.15) is 0 Å². The first-order chi connectivity index (χ1) is 5.87. The van der Waals surface area contributed by atoms with E-state index in [4.69, 9.17) is 0 Å². The van der Waals surface area contributed by atoms with Gasteiger partial charge in [0.15, 0.2) is 0 Å². The number of carbonyl (C=O) groups is 2. The molecule has 0 atom stereocenters. The summed E-state index contributed by atoms with van der Waals surface area (Å²) in [7, 11) is 0. The van der Waals surface area contributed by atoms with E-state index in [9.17, 15) is 9.59 Å². The molecule has 0 aromatic heterocycles. The topological polar surface area (TPSA) is 37.4 Å². The third-order valence-electron chi connectivity index (χ3n) is 2.80. The highest BCUT2D eigenvalue weighted by atomic mass is 16.2. The molecular formula is C10H15NO2. The van der Waals surface area contributed by atoms with E-state index >= 15 is 0 Å². The normalized spacial score (nSPS) is 17.8. The highest BCUT2D eigenvalue weighted by Crippen LogP contribution is 2.26. The molecule has 3 nitrogen and oxygen atoms in total. The Kier molecular flexibility index (Phi) is 2.28. The number of amides is 2. The molecule has 0 unspecified atom stereocenters. The van der Waals surface area contributed by atoms with Gasteiger partial charge < -0.3 is 0 Å². The van der Waals surface area contributed by atoms with Crippen molar-refractivity contribution < 1.29 is 9.59 Å². The minimum absolute atomic E-state index is 0.205. The maximum absolute atomic E-state index is 11.4. The fraction of sp³-hybridized carbons (Fsp3) is 0.600. The number of hydrogen-bond donors (Lipinski definition) is 0. The molecule has 0 aromatic carbocycles. The van der Waals surface area contributed by atoms with Crippen LogP contribution in [-0.2, 0) is 9.59 Å². The van der Waals surface area contributed by atoms with Crippen LogP contribution in [0.25, 0.3) is 0 Å². The minimum Gasteiger partial charge on any atom is -0.269 e. The Morgan fingerprint density at radius 3 is 1.85 bits per heavy atom. The Morgan fingerprint density at radius 2 is 1.54 bits per heavy atom. The predicted octanol–water partition coefficient (Wildman–Crippen LogP) is 1.35. The van der Waals surface area contributed by atoms with Crippen LogP contribution in [0.4, 0.5) is 0 Å². The van der Waals surface area contributed by atoms with Crippen molar-refractivity contribution in [3.8, 4) is 0 Å². The van der Waals surface area contributed by atoms with Gasteiger partial charge in [0.05, 0.1) is 0 Å². The van der Waals surface area contributed by atoms with Crippen molar-refractivity contribution in [1.29, 1.82) is 0 Å². The Labute approximate surface area is 78.4 Å². The molecular weight excluding hydrogens is 166 g/mol. The van der Waals surface area contributed by atoms with E-state index in [1.165, 1.54) is 17.1 Å². The first kappa shape index (κ1) is 9.96. The van der Waals surface area contributed by atoms with Crippen LogP contribution in [0, 0.1) is 5.92 Å². The van der Waals surface area contributed by atoms with Crippen LogP contribution in [-0.4, -0.2) is 22.3 Å². The zero-order valence-electron chi connectivity index (χ0n) is 8.50. The summed E-state index contributed by atoms with van der Waals surface area (Å²) >= 11 is 0. The van der Waals surface area contributed by atoms with Crippen LogP contribution in [0.3, 0.4) is 0 Å². The van der Waals surface area contributed by atoms with Crippen LogP contribution < -0.4 is 0 Å². The molecule has 13 heavy (non-hydrogen) atoms. The molecule has 3 heteroatoms. The highest BCUT2D eigenvalue weighted by Gasteiger charge is 2.38. The average Bonchev–Trinajstić information content (AvgIpc) is 2.30. The fourth-order valence-electron chi connectivity index (χ4n) is 1.23. The van der Waals surface area contributed by atoms with Gasteiger partial charge in [0, 0.05) is 17.7 Å². The van der Waals surface area contributed by atoms with E-state index in [0.717, 1.165) is 0 Å². The van der Waals surface area contributed by atoms with Crippen molar-refractivity contribution in [2.75, 3.05) is 0 Å². The predicted molar refractivity (Wildman–Crippen MR) is 49.9 cm³/mol. The number of imide groups is 1. The molecule has 0 radical (unpaired) electrons. The van der Waals surface area contributed by atoms with Crippen LogP contribution >= 0.6 is 0 Å². The third-order valence-corrected chi connectivity index (χ3v) is 2.80. The van der Waals surface area contributed by atoms with Crippen LogP contribution in [0.2, 0.25) is 0 Å². The smallest absolute Gasteiger partial charge is 0.254 e. The molecule has 1 aliphatic heterocycles. The molecule has 0 spiro atoms. The lowest BCUT2D eigenvalue weighted by Crippen LogP contribution is -2.51. The second-order valence-electron chi connectivity index (χ2n) is 4.15. The SMILES string of the molecule is CC(C)C(C)(C)N1C(=O)C=CC1=O. The lowest BCUT2D eigenvalue weighted by atomic mass is 9.89. The van der Waals surface area contributed by atoms with Gasteiger partial charge in [-0.25, -0.2) is 0 Å². The lowest BCUT2D eigenvalue weighted by molar-refractivity contribution is -0.144. The zero-order chi connectivity index (χ0) is 10.2. The van der Waals surface area contributed by atoms with Gasteiger partial charge in [0.25, 0.3) is 11.8 Å². The van der Waals surface area contributed by atoms with Crippen molar-refractivity contribution >= 4 is 11.8 Å². The van der Waals surface area contributed by atoms with E-state index in [-0.39, 0.29) is 17.7 Å². The molecule has 2 amide bonds. The van der Waals surface area contributed by atoms with Crippen molar-refractivity contribution in [1.82, 2.24) is 4.90 Å². The summed E-state index contributed by atoms with van der Waals surface area (Å²) in [6.07, 6.45) is 2.65. The number of rotatable bonds is 2. The quantitative estimate of drug-likeness (QED) is 0.603. The van der Waals surface area contributed by atoms with Gasteiger partial charge in [-0.3, -0.25) is 14.5 Å². The molecule has 72 valence electrons. The van der Waals surface area contributed by atoms with E-state index < -0.39 is 5.54 Å². The fourth-order valence-corrected chi connectivity index (χ4v) is 1.23. The summed E-state index contributed by atoms with van der Waals surface area (Å²) < 4.78 is 0. The Bertz CT molecular complexity index is 259. The minimum atomic E-state index is -0.405. The second-order valence-corrected chi connectivity index (χ2v) is 4.15. The van der Waals surface area contributed by atoms with E-state index in [1.54, 1.807) is 0 Å². The summed E-state index contributed by atoms with van der Waals surface area (Å²) in [5.74, 6) is -0.160. The first-order valence-corrected chi connectivity index (χ1v) is 4.43. The molecule has 1 rings (SSSR count). The van der Waals surface area contributed by atoms with Gasteiger partial charge in [-0.1, -0.05) is 13.8 Å². The standard InChI is InChI=1S/C10H15NO2/c1-7(2)10(3,4)11-8(12)5-6-9(11)13/h5-7H,1-4H3. The summed E-state index contributed by atoms with van der Waals surface area (Å²) in [5.41, 5.74) is -0.405. The number of carbonyl (C=O) groups excluding carboxylic acids is 2. The highest BCUT2D eigenvalue weighted by molar-refractivity contribution is 6.13. The molecule has 1 aliphatic rings. The zero-order valence-corrected chi connectivity index (χ0v) is 8.50. The first-order valence-electron chi connectivity index (χ1n) is 4.43. The summed E-state index contributed by atoms with van der Waals surface area (Å²) in [5, 5.41) is 0. The van der Waals surface area contributed by atoms with Gasteiger partial charge in [-0.15, -0.1) is 0 Å². The maximum atomic E-state index is 11.4. The largest absolute Gasteiger partial charge is 0.269 e. The second kappa shape index (κ2) is 2.98. The molecule has 0 aromatic rings. The summed E-state index contributed by atoms with van der Waals surface area (Å²) in [6, 6.07) is 0. The van der Waals surface area contributed by atoms with Gasteiger partial charge >= 0.3 is 0 Å². The van der Waals surface area contributed by atoms with Crippen molar-refractivity contribution in [3.63, 3.8) is 0 Å². The average molecular weight is 181 g/mol. The Balaban J connectivity index is 2.95. The Hall–Kier alpha value is -1.12. The Morgan fingerprint density at radius 1 is 1.15 bits per heavy atom. The summed E-state index contributed by atoms with van der Waals surface area (Å²) in [4.78, 5) is 24.0. The molecule has 0 N–H and O–H groups in total. The number of hydrogen-bond acceptors (Lipinski definition) is 2. The van der Waals surface area contributed by atoms with Gasteiger partial charge in [0.1, 0.15) is 0 Å². The van der Waals surface area contributed by atoms with Crippen LogP contribution in [0.1, 0.15) is 27.7 Å². The van der Waals surface area contributed by atoms with Crippen molar-refractivity contribution in [2.24, 2.45) is 5.92 Å². The van der Waals surface area contributed by atoms with Crippen LogP contribution in [0.15, 0.2) is 12.2 Å². The molecule has 0 bridgehead atoms. The van der Waals surface area contributed by atoms with E-state index in [0.29, 0.717) is 0 Å². The molecule has 0 fully saturated rings. The van der Waals surface area contributed by atoms with Gasteiger partial charge in [0.2, 0.25) is 0 Å². The number of nitrogens with zero attached hydrogens (tertiary/aromatic N) is 1. The van der Waals surface area contributed by atoms with Gasteiger partial charge in [-0.05, 0) is 19.8 Å². The molecule has 0 saturated heterocycles. The van der Waals surface area contributed by atoms with Crippen molar-refractivity contribution in [3.05, 3.63) is 12.2 Å². The maximum Gasteiger partial charge on any atom is 0.254 e. The monoisotopic (exact) mass is 181 g/mol. The summed E-state index contributed by atoms with van der Waals surface area (Å²) in [6.45, 7) is 7.80. The lowest BCUT2D eigenvalue weighted by Gasteiger charge is -2.37. The molecule has 0 saturated carbocycles. The third kappa shape index (κ3) is 1.50. The van der Waals surface area contributed by atoms with E-state index in [2.05, 4.69) is 0 Å². The molecule has 0 aliphatic carbocycles. The van der Waals surface area contributed by atoms with E-state index in [1.807, 2.05) is 27.7 Å². The van der Waals surface area contributed by atoms with Crippen molar-refractivity contribution in [2.45, 2.75) is 33.2 Å². The molecule has 1 heterocycles. The van der Waals surface area contributed by atoms with Crippen LogP contribution in [0.5, 0.6) is 0 Å².